The van der Waals surface area contributed by atoms with Crippen molar-refractivity contribution < 1.29 is 15.0 Å². The fraction of sp³-hybridized carbons (Fsp3) is 0.562. The van der Waals surface area contributed by atoms with Gasteiger partial charge in [-0.3, -0.25) is 4.79 Å². The Hall–Kier alpha value is -1.39. The highest BCUT2D eigenvalue weighted by Gasteiger charge is 2.18. The topological polar surface area (TPSA) is 69.6 Å². The summed E-state index contributed by atoms with van der Waals surface area (Å²) < 4.78 is 0. The first-order chi connectivity index (χ1) is 9.47. The van der Waals surface area contributed by atoms with Crippen molar-refractivity contribution >= 4 is 5.91 Å². The molecule has 4 heteroatoms. The predicted molar refractivity (Wildman–Crippen MR) is 79.5 cm³/mol. The van der Waals surface area contributed by atoms with Crippen molar-refractivity contribution in [2.24, 2.45) is 5.92 Å². The largest absolute Gasteiger partial charge is 0.394 e. The minimum Gasteiger partial charge on any atom is -0.394 e. The molecule has 0 aliphatic rings. The van der Waals surface area contributed by atoms with E-state index < -0.39 is 6.04 Å². The van der Waals surface area contributed by atoms with Gasteiger partial charge in [-0.05, 0) is 30.4 Å². The number of nitrogens with one attached hydrogen (secondary N) is 1. The predicted octanol–water partition coefficient (Wildman–Crippen LogP) is 1.46. The zero-order chi connectivity index (χ0) is 15.1. The second-order valence-corrected chi connectivity index (χ2v) is 5.63. The van der Waals surface area contributed by atoms with Gasteiger partial charge in [-0.2, -0.15) is 0 Å². The van der Waals surface area contributed by atoms with Gasteiger partial charge in [0.1, 0.15) is 0 Å². The Morgan fingerprint density at radius 3 is 2.10 bits per heavy atom. The lowest BCUT2D eigenvalue weighted by Crippen LogP contribution is -2.42. The Kier molecular flexibility index (Phi) is 6.68. The van der Waals surface area contributed by atoms with Crippen molar-refractivity contribution in [2.75, 3.05) is 13.2 Å². The quantitative estimate of drug-likeness (QED) is 0.707. The van der Waals surface area contributed by atoms with Crippen LogP contribution in [0.1, 0.15) is 37.8 Å². The van der Waals surface area contributed by atoms with E-state index in [1.54, 1.807) is 0 Å². The summed E-state index contributed by atoms with van der Waals surface area (Å²) in [6.45, 7) is 5.64. The Balaban J connectivity index is 2.67. The molecular weight excluding hydrogens is 254 g/mol. The van der Waals surface area contributed by atoms with Crippen LogP contribution in [-0.2, 0) is 11.2 Å². The van der Waals surface area contributed by atoms with Gasteiger partial charge in [0.15, 0.2) is 0 Å². The molecule has 0 spiro atoms. The molecule has 1 unspecified atom stereocenters. The van der Waals surface area contributed by atoms with Crippen LogP contribution in [0.2, 0.25) is 0 Å². The third kappa shape index (κ3) is 4.94. The lowest BCUT2D eigenvalue weighted by atomic mass is 9.96. The number of carbonyl (C=O) groups is 1. The summed E-state index contributed by atoms with van der Waals surface area (Å²) in [5.74, 6) is 0.120. The molecular formula is C16H25NO3. The van der Waals surface area contributed by atoms with Gasteiger partial charge >= 0.3 is 0 Å². The Bertz CT molecular complexity index is 410. The van der Waals surface area contributed by atoms with E-state index >= 15 is 0 Å². The molecule has 0 saturated carbocycles. The average molecular weight is 279 g/mol. The van der Waals surface area contributed by atoms with Crippen LogP contribution in [0, 0.1) is 5.92 Å². The number of aliphatic hydroxyl groups is 2. The second-order valence-electron chi connectivity index (χ2n) is 5.63. The average Bonchev–Trinajstić information content (AvgIpc) is 2.43. The molecule has 3 N–H and O–H groups in total. The molecule has 0 aromatic heterocycles. The lowest BCUT2D eigenvalue weighted by molar-refractivity contribution is -0.123. The smallest absolute Gasteiger partial charge is 0.227 e. The van der Waals surface area contributed by atoms with Gasteiger partial charge < -0.3 is 15.5 Å². The van der Waals surface area contributed by atoms with E-state index in [0.717, 1.165) is 12.0 Å². The highest BCUT2D eigenvalue weighted by atomic mass is 16.3. The maximum atomic E-state index is 12.0. The van der Waals surface area contributed by atoms with Crippen LogP contribution in [0.3, 0.4) is 0 Å². The number of rotatable bonds is 7. The molecule has 1 aromatic rings. The van der Waals surface area contributed by atoms with Gasteiger partial charge in [0.2, 0.25) is 5.91 Å². The minimum atomic E-state index is -0.592. The third-order valence-corrected chi connectivity index (χ3v) is 3.30. The highest BCUT2D eigenvalue weighted by molar-refractivity contribution is 5.83. The summed E-state index contributed by atoms with van der Waals surface area (Å²) in [6, 6.07) is 7.44. The molecule has 0 heterocycles. The van der Waals surface area contributed by atoms with E-state index in [1.807, 2.05) is 19.1 Å². The number of carbonyl (C=O) groups excluding carboxylic acids is 1. The molecule has 112 valence electrons. The summed E-state index contributed by atoms with van der Waals surface area (Å²) in [4.78, 5) is 12.0. The van der Waals surface area contributed by atoms with Gasteiger partial charge in [-0.1, -0.05) is 38.1 Å². The SMILES string of the molecule is CC(C)Cc1ccc(C(C)C(=O)NC(CO)CO)cc1. The normalized spacial score (nSPS) is 12.8. The molecule has 4 nitrogen and oxygen atoms in total. The molecule has 1 atom stereocenters. The van der Waals surface area contributed by atoms with Crippen LogP contribution < -0.4 is 5.32 Å². The Morgan fingerprint density at radius 1 is 1.10 bits per heavy atom. The Morgan fingerprint density at radius 2 is 1.65 bits per heavy atom. The maximum absolute atomic E-state index is 12.0. The summed E-state index contributed by atoms with van der Waals surface area (Å²) in [5, 5.41) is 20.6. The molecule has 1 amide bonds. The van der Waals surface area contributed by atoms with Gasteiger partial charge in [-0.25, -0.2) is 0 Å². The van der Waals surface area contributed by atoms with Crippen molar-refractivity contribution in [3.8, 4) is 0 Å². The van der Waals surface area contributed by atoms with Crippen molar-refractivity contribution in [3.05, 3.63) is 35.4 Å². The van der Waals surface area contributed by atoms with Crippen molar-refractivity contribution in [3.63, 3.8) is 0 Å². The molecule has 0 bridgehead atoms. The van der Waals surface area contributed by atoms with Gasteiger partial charge in [0.05, 0.1) is 25.2 Å². The van der Waals surface area contributed by atoms with Crippen molar-refractivity contribution in [1.82, 2.24) is 5.32 Å². The van der Waals surface area contributed by atoms with E-state index in [4.69, 9.17) is 10.2 Å². The third-order valence-electron chi connectivity index (χ3n) is 3.30. The molecule has 0 aliphatic heterocycles. The first kappa shape index (κ1) is 16.7. The van der Waals surface area contributed by atoms with E-state index in [1.165, 1.54) is 5.56 Å². The molecule has 1 aromatic carbocycles. The number of hydrogen-bond acceptors (Lipinski definition) is 3. The van der Waals surface area contributed by atoms with Crippen LogP contribution in [0.15, 0.2) is 24.3 Å². The minimum absolute atomic E-state index is 0.185. The number of aliphatic hydroxyl groups excluding tert-OH is 2. The molecule has 0 saturated heterocycles. The van der Waals surface area contributed by atoms with Crippen LogP contribution in [0.25, 0.3) is 0 Å². The fourth-order valence-electron chi connectivity index (χ4n) is 2.04. The maximum Gasteiger partial charge on any atom is 0.227 e. The first-order valence-electron chi connectivity index (χ1n) is 7.08. The zero-order valence-corrected chi connectivity index (χ0v) is 12.5. The summed E-state index contributed by atoms with van der Waals surface area (Å²) >= 11 is 0. The summed E-state index contributed by atoms with van der Waals surface area (Å²) in [6.07, 6.45) is 1.03. The van der Waals surface area contributed by atoms with Gasteiger partial charge in [0, 0.05) is 0 Å². The first-order valence-corrected chi connectivity index (χ1v) is 7.08. The molecule has 0 fully saturated rings. The van der Waals surface area contributed by atoms with E-state index in [2.05, 4.69) is 31.3 Å². The number of benzene rings is 1. The van der Waals surface area contributed by atoms with Gasteiger partial charge in [-0.15, -0.1) is 0 Å². The molecule has 0 aliphatic carbocycles. The Labute approximate surface area is 120 Å². The monoisotopic (exact) mass is 279 g/mol. The second kappa shape index (κ2) is 8.02. The summed E-state index contributed by atoms with van der Waals surface area (Å²) in [5.41, 5.74) is 2.20. The molecule has 20 heavy (non-hydrogen) atoms. The van der Waals surface area contributed by atoms with E-state index in [-0.39, 0.29) is 25.0 Å². The van der Waals surface area contributed by atoms with E-state index in [9.17, 15) is 4.79 Å². The van der Waals surface area contributed by atoms with Crippen LogP contribution in [-0.4, -0.2) is 35.4 Å². The number of hydrogen-bond donors (Lipinski definition) is 3. The fourth-order valence-corrected chi connectivity index (χ4v) is 2.04. The van der Waals surface area contributed by atoms with Crippen molar-refractivity contribution in [1.29, 1.82) is 0 Å². The van der Waals surface area contributed by atoms with Crippen LogP contribution in [0.5, 0.6) is 0 Å². The number of amides is 1. The summed E-state index contributed by atoms with van der Waals surface area (Å²) in [7, 11) is 0. The van der Waals surface area contributed by atoms with Crippen LogP contribution >= 0.6 is 0 Å². The van der Waals surface area contributed by atoms with Crippen molar-refractivity contribution in [2.45, 2.75) is 39.2 Å². The molecule has 1 rings (SSSR count). The lowest BCUT2D eigenvalue weighted by Gasteiger charge is -2.18. The standard InChI is InChI=1S/C16H25NO3/c1-11(2)8-13-4-6-14(7-5-13)12(3)16(20)17-15(9-18)10-19/h4-7,11-12,15,18-19H,8-10H2,1-3H3,(H,17,20). The van der Waals surface area contributed by atoms with Gasteiger partial charge in [0.25, 0.3) is 0 Å². The molecule has 0 radical (unpaired) electrons. The zero-order valence-electron chi connectivity index (χ0n) is 12.5. The van der Waals surface area contributed by atoms with E-state index in [0.29, 0.717) is 5.92 Å². The highest BCUT2D eigenvalue weighted by Crippen LogP contribution is 2.17. The van der Waals surface area contributed by atoms with Crippen LogP contribution in [0.4, 0.5) is 0 Å².